The largest absolute Gasteiger partial charge is 0.388 e. The second kappa shape index (κ2) is 8.34. The lowest BCUT2D eigenvalue weighted by molar-refractivity contribution is 0.0586. The predicted octanol–water partition coefficient (Wildman–Crippen LogP) is 2.98. The van der Waals surface area contributed by atoms with Crippen LogP contribution in [0.25, 0.3) is 0 Å². The summed E-state index contributed by atoms with van der Waals surface area (Å²) < 4.78 is 0. The number of hydrogen-bond donors (Lipinski definition) is 3. The van der Waals surface area contributed by atoms with Crippen LogP contribution in [0.15, 0.2) is 24.3 Å². The fourth-order valence-electron chi connectivity index (χ4n) is 2.83. The van der Waals surface area contributed by atoms with Crippen LogP contribution >= 0.6 is 0 Å². The summed E-state index contributed by atoms with van der Waals surface area (Å²) >= 11 is 0. The first-order valence-corrected chi connectivity index (χ1v) is 9.00. The molecule has 0 unspecified atom stereocenters. The van der Waals surface area contributed by atoms with Crippen molar-refractivity contribution in [3.63, 3.8) is 0 Å². The number of aliphatic hydroxyl groups is 1. The van der Waals surface area contributed by atoms with Crippen LogP contribution in [0.5, 0.6) is 0 Å². The number of nitrogens with zero attached hydrogens (tertiary/aromatic N) is 1. The van der Waals surface area contributed by atoms with Gasteiger partial charge in [0, 0.05) is 30.4 Å². The Morgan fingerprint density at radius 2 is 1.96 bits per heavy atom. The van der Waals surface area contributed by atoms with Gasteiger partial charge in [0.05, 0.1) is 5.60 Å². The molecule has 0 aromatic heterocycles. The van der Waals surface area contributed by atoms with Crippen molar-refractivity contribution in [1.82, 2.24) is 10.2 Å². The Balaban J connectivity index is 1.91. The van der Waals surface area contributed by atoms with Gasteiger partial charge in [0.1, 0.15) is 0 Å². The molecule has 6 nitrogen and oxygen atoms in total. The van der Waals surface area contributed by atoms with E-state index in [0.717, 1.165) is 19.4 Å². The third-order valence-electron chi connectivity index (χ3n) is 4.85. The Morgan fingerprint density at radius 3 is 2.56 bits per heavy atom. The van der Waals surface area contributed by atoms with Gasteiger partial charge in [-0.15, -0.1) is 0 Å². The van der Waals surface area contributed by atoms with Crippen LogP contribution in [0.4, 0.5) is 10.5 Å². The quantitative estimate of drug-likeness (QED) is 0.766. The summed E-state index contributed by atoms with van der Waals surface area (Å²) in [6.45, 7) is 6.61. The van der Waals surface area contributed by atoms with Crippen LogP contribution in [0.2, 0.25) is 0 Å². The van der Waals surface area contributed by atoms with Crippen LogP contribution in [-0.2, 0) is 0 Å². The number of urea groups is 1. The number of benzene rings is 1. The van der Waals surface area contributed by atoms with Crippen molar-refractivity contribution < 1.29 is 14.7 Å². The van der Waals surface area contributed by atoms with Crippen molar-refractivity contribution in [2.45, 2.75) is 58.1 Å². The molecule has 1 aromatic carbocycles. The van der Waals surface area contributed by atoms with E-state index in [-0.39, 0.29) is 24.5 Å². The minimum atomic E-state index is -0.918. The number of carbonyl (C=O) groups excluding carboxylic acids is 2. The summed E-state index contributed by atoms with van der Waals surface area (Å²) in [5.74, 6) is 0.0437. The van der Waals surface area contributed by atoms with Gasteiger partial charge in [-0.3, -0.25) is 4.79 Å². The summed E-state index contributed by atoms with van der Waals surface area (Å²) in [7, 11) is 0. The first-order chi connectivity index (χ1) is 11.8. The molecule has 1 heterocycles. The molecule has 0 bridgehead atoms. The molecule has 0 saturated carbocycles. The monoisotopic (exact) mass is 347 g/mol. The predicted molar refractivity (Wildman–Crippen MR) is 98.7 cm³/mol. The van der Waals surface area contributed by atoms with Gasteiger partial charge in [-0.2, -0.15) is 0 Å². The molecule has 6 heteroatoms. The van der Waals surface area contributed by atoms with E-state index in [4.69, 9.17) is 0 Å². The summed E-state index contributed by atoms with van der Waals surface area (Å²) in [6.07, 6.45) is 3.83. The first kappa shape index (κ1) is 19.2. The van der Waals surface area contributed by atoms with Crippen molar-refractivity contribution in [3.8, 4) is 0 Å². The van der Waals surface area contributed by atoms with E-state index in [1.165, 1.54) is 6.42 Å². The molecule has 1 aromatic rings. The summed E-state index contributed by atoms with van der Waals surface area (Å²) in [6, 6.07) is 6.82. The Labute approximate surface area is 149 Å². The van der Waals surface area contributed by atoms with Crippen molar-refractivity contribution in [2.24, 2.45) is 0 Å². The minimum absolute atomic E-state index is 0.0437. The number of amides is 3. The highest BCUT2D eigenvalue weighted by atomic mass is 16.3. The van der Waals surface area contributed by atoms with Crippen molar-refractivity contribution in [3.05, 3.63) is 29.8 Å². The molecule has 0 aliphatic carbocycles. The highest BCUT2D eigenvalue weighted by Gasteiger charge is 2.24. The zero-order valence-electron chi connectivity index (χ0n) is 15.3. The molecule has 1 fully saturated rings. The van der Waals surface area contributed by atoms with Gasteiger partial charge in [-0.25, -0.2) is 4.79 Å². The van der Waals surface area contributed by atoms with Gasteiger partial charge in [-0.1, -0.05) is 6.92 Å². The normalized spacial score (nSPS) is 19.8. The van der Waals surface area contributed by atoms with Crippen molar-refractivity contribution in [1.29, 1.82) is 0 Å². The lowest BCUT2D eigenvalue weighted by Crippen LogP contribution is -2.42. The van der Waals surface area contributed by atoms with Crippen LogP contribution in [0, 0.1) is 0 Å². The molecule has 2 rings (SSSR count). The number of rotatable bonds is 5. The van der Waals surface area contributed by atoms with Crippen LogP contribution in [0.1, 0.15) is 56.8 Å². The highest BCUT2D eigenvalue weighted by Crippen LogP contribution is 2.20. The van der Waals surface area contributed by atoms with Crippen LogP contribution in [0.3, 0.4) is 0 Å². The maximum Gasteiger partial charge on any atom is 0.319 e. The fourth-order valence-corrected chi connectivity index (χ4v) is 2.83. The van der Waals surface area contributed by atoms with E-state index in [2.05, 4.69) is 17.6 Å². The molecule has 3 amide bonds. The lowest BCUT2D eigenvalue weighted by atomic mass is 10.0. The molecule has 25 heavy (non-hydrogen) atoms. The molecular formula is C19H29N3O3. The zero-order valence-corrected chi connectivity index (χ0v) is 15.3. The third kappa shape index (κ3) is 5.46. The van der Waals surface area contributed by atoms with E-state index in [9.17, 15) is 14.7 Å². The summed E-state index contributed by atoms with van der Waals surface area (Å²) in [4.78, 5) is 26.4. The average Bonchev–Trinajstić information content (AvgIpc) is 2.61. The maximum atomic E-state index is 12.6. The fraction of sp³-hybridized carbons (Fsp3) is 0.579. The molecule has 1 aliphatic heterocycles. The van der Waals surface area contributed by atoms with Gasteiger partial charge in [0.2, 0.25) is 0 Å². The third-order valence-corrected chi connectivity index (χ3v) is 4.85. The second-order valence-electron chi connectivity index (χ2n) is 7.08. The summed E-state index contributed by atoms with van der Waals surface area (Å²) in [5, 5.41) is 15.2. The molecular weight excluding hydrogens is 318 g/mol. The Hall–Kier alpha value is -2.08. The van der Waals surface area contributed by atoms with Crippen LogP contribution < -0.4 is 10.6 Å². The van der Waals surface area contributed by atoms with E-state index >= 15 is 0 Å². The number of piperidine rings is 1. The van der Waals surface area contributed by atoms with Crippen molar-refractivity contribution in [2.75, 3.05) is 18.4 Å². The Morgan fingerprint density at radius 1 is 1.28 bits per heavy atom. The Kier molecular flexibility index (Phi) is 6.42. The van der Waals surface area contributed by atoms with E-state index < -0.39 is 5.60 Å². The Bertz CT molecular complexity index is 598. The van der Waals surface area contributed by atoms with Gasteiger partial charge >= 0.3 is 6.03 Å². The molecule has 1 aliphatic rings. The maximum absolute atomic E-state index is 12.6. The molecule has 138 valence electrons. The molecule has 2 atom stereocenters. The summed E-state index contributed by atoms with van der Waals surface area (Å²) in [5.41, 5.74) is 0.323. The number of hydrogen-bond acceptors (Lipinski definition) is 3. The molecule has 3 N–H and O–H groups in total. The topological polar surface area (TPSA) is 81.7 Å². The smallest absolute Gasteiger partial charge is 0.319 e. The van der Waals surface area contributed by atoms with E-state index in [1.54, 1.807) is 31.2 Å². The van der Waals surface area contributed by atoms with Gasteiger partial charge in [0.15, 0.2) is 0 Å². The van der Waals surface area contributed by atoms with Crippen LogP contribution in [-0.4, -0.2) is 46.7 Å². The molecule has 1 saturated heterocycles. The second-order valence-corrected chi connectivity index (χ2v) is 7.08. The van der Waals surface area contributed by atoms with E-state index in [0.29, 0.717) is 17.7 Å². The first-order valence-electron chi connectivity index (χ1n) is 9.00. The number of anilines is 1. The van der Waals surface area contributed by atoms with Crippen molar-refractivity contribution >= 4 is 17.6 Å². The highest BCUT2D eigenvalue weighted by molar-refractivity contribution is 5.95. The molecule has 0 radical (unpaired) electrons. The van der Waals surface area contributed by atoms with Gasteiger partial charge in [-0.05, 0) is 63.8 Å². The lowest BCUT2D eigenvalue weighted by Gasteiger charge is -2.33. The van der Waals surface area contributed by atoms with Gasteiger partial charge in [0.25, 0.3) is 5.91 Å². The number of carbonyl (C=O) groups is 2. The number of nitrogens with one attached hydrogen (secondary N) is 2. The van der Waals surface area contributed by atoms with E-state index in [1.807, 2.05) is 11.8 Å². The SMILES string of the molecule is CC[C@@](C)(O)CNC(=O)Nc1ccc(C(=O)N2CCCC[C@@H]2C)cc1. The molecule has 0 spiro atoms. The standard InChI is InChI=1S/C19H29N3O3/c1-4-19(3,25)13-20-18(24)21-16-10-8-15(9-11-16)17(23)22-12-6-5-7-14(22)2/h8-11,14,25H,4-7,12-13H2,1-3H3,(H2,20,21,24)/t14-,19+/m0/s1. The average molecular weight is 347 g/mol. The zero-order chi connectivity index (χ0) is 18.4. The minimum Gasteiger partial charge on any atom is -0.388 e. The number of likely N-dealkylation sites (tertiary alicyclic amines) is 1. The van der Waals surface area contributed by atoms with Gasteiger partial charge < -0.3 is 20.6 Å².